The standard InChI is InChI=1S/C22H17N5O4/c1-31-16-6-5-15-11-27(19(28)17(15)9-16)12-22(20(29)24-21(30)25-22)8-7-13-3-2-4-14-10-23-26-18(13)14/h2-6,9-11,28H,12H2,1H3,(H,23,26)(H2,24,25,29,30)/t22-/m1/s1. The predicted molar refractivity (Wildman–Crippen MR) is 113 cm³/mol. The van der Waals surface area contributed by atoms with Crippen molar-refractivity contribution in [2.24, 2.45) is 0 Å². The van der Waals surface area contributed by atoms with E-state index in [1.807, 2.05) is 12.1 Å². The lowest BCUT2D eigenvalue weighted by Crippen LogP contribution is -2.49. The number of rotatable bonds is 3. The number of aromatic amines is 1. The van der Waals surface area contributed by atoms with Crippen molar-refractivity contribution in [3.63, 3.8) is 0 Å². The average Bonchev–Trinajstić information content (AvgIpc) is 3.43. The van der Waals surface area contributed by atoms with Gasteiger partial charge in [0.05, 0.1) is 30.9 Å². The SMILES string of the molecule is COc1ccc2cn(C[C@@]3(C#Cc4cccc5cn[nH]c45)NC(=O)NC3=O)c(O)c2c1. The van der Waals surface area contributed by atoms with Gasteiger partial charge in [0.2, 0.25) is 5.54 Å². The molecule has 9 nitrogen and oxygen atoms in total. The van der Waals surface area contributed by atoms with E-state index in [4.69, 9.17) is 4.74 Å². The smallest absolute Gasteiger partial charge is 0.323 e. The fraction of sp³-hybridized carbons (Fsp3) is 0.136. The van der Waals surface area contributed by atoms with Crippen molar-refractivity contribution in [2.75, 3.05) is 7.11 Å². The predicted octanol–water partition coefficient (Wildman–Crippen LogP) is 1.86. The summed E-state index contributed by atoms with van der Waals surface area (Å²) in [6.45, 7) is -0.0840. The van der Waals surface area contributed by atoms with Crippen LogP contribution in [0, 0.1) is 11.8 Å². The van der Waals surface area contributed by atoms with E-state index in [0.717, 1.165) is 16.3 Å². The van der Waals surface area contributed by atoms with Crippen LogP contribution in [0.5, 0.6) is 11.6 Å². The molecule has 1 fully saturated rings. The van der Waals surface area contributed by atoms with Crippen molar-refractivity contribution >= 4 is 33.6 Å². The van der Waals surface area contributed by atoms with Crippen LogP contribution in [0.4, 0.5) is 4.79 Å². The summed E-state index contributed by atoms with van der Waals surface area (Å²) >= 11 is 0. The van der Waals surface area contributed by atoms with Gasteiger partial charge in [-0.05, 0) is 24.3 Å². The number of urea groups is 1. The quantitative estimate of drug-likeness (QED) is 0.301. The van der Waals surface area contributed by atoms with Gasteiger partial charge in [0.25, 0.3) is 5.91 Å². The monoisotopic (exact) mass is 415 g/mol. The van der Waals surface area contributed by atoms with Gasteiger partial charge in [-0.1, -0.05) is 24.0 Å². The Labute approximate surface area is 176 Å². The number of carbonyl (C=O) groups excluding carboxylic acids is 2. The Kier molecular flexibility index (Phi) is 4.08. The van der Waals surface area contributed by atoms with E-state index in [-0.39, 0.29) is 12.4 Å². The molecule has 5 rings (SSSR count). The number of aromatic hydroxyl groups is 1. The van der Waals surface area contributed by atoms with Crippen molar-refractivity contribution in [2.45, 2.75) is 12.1 Å². The number of nitrogens with zero attached hydrogens (tertiary/aromatic N) is 2. The zero-order valence-electron chi connectivity index (χ0n) is 16.4. The number of hydrogen-bond acceptors (Lipinski definition) is 5. The maximum atomic E-state index is 12.7. The molecule has 2 aromatic heterocycles. The summed E-state index contributed by atoms with van der Waals surface area (Å²) in [6.07, 6.45) is 3.37. The number of hydrogen-bond donors (Lipinski definition) is 4. The molecule has 0 radical (unpaired) electrons. The Morgan fingerprint density at radius 1 is 1.23 bits per heavy atom. The molecule has 3 amide bonds. The van der Waals surface area contributed by atoms with Crippen LogP contribution in [0.25, 0.3) is 21.7 Å². The highest BCUT2D eigenvalue weighted by molar-refractivity contribution is 6.09. The van der Waals surface area contributed by atoms with Crippen LogP contribution in [-0.2, 0) is 11.3 Å². The van der Waals surface area contributed by atoms with Gasteiger partial charge in [0.1, 0.15) is 5.75 Å². The molecule has 1 aliphatic heterocycles. The van der Waals surface area contributed by atoms with Gasteiger partial charge >= 0.3 is 6.03 Å². The van der Waals surface area contributed by atoms with Crippen molar-refractivity contribution in [3.05, 3.63) is 54.4 Å². The Bertz CT molecular complexity index is 1420. The van der Waals surface area contributed by atoms with Gasteiger partial charge in [0, 0.05) is 22.4 Å². The van der Waals surface area contributed by atoms with Gasteiger partial charge in [-0.2, -0.15) is 5.10 Å². The van der Waals surface area contributed by atoms with Gasteiger partial charge in [0.15, 0.2) is 5.88 Å². The molecule has 9 heteroatoms. The van der Waals surface area contributed by atoms with Crippen LogP contribution in [0.3, 0.4) is 0 Å². The minimum Gasteiger partial charge on any atom is -0.497 e. The molecule has 1 saturated heterocycles. The second kappa shape index (κ2) is 6.81. The number of H-pyrrole nitrogens is 1. The van der Waals surface area contributed by atoms with Crippen LogP contribution >= 0.6 is 0 Å². The molecule has 0 saturated carbocycles. The normalized spacial score (nSPS) is 18.0. The Hall–Kier alpha value is -4.45. The lowest BCUT2D eigenvalue weighted by atomic mass is 9.99. The number of benzene rings is 2. The molecule has 1 aliphatic rings. The first-order valence-corrected chi connectivity index (χ1v) is 9.44. The van der Waals surface area contributed by atoms with Gasteiger partial charge in [-0.15, -0.1) is 0 Å². The molecule has 4 N–H and O–H groups in total. The van der Waals surface area contributed by atoms with Crippen LogP contribution in [0.1, 0.15) is 5.56 Å². The Balaban J connectivity index is 1.59. The number of nitrogens with one attached hydrogen (secondary N) is 3. The largest absolute Gasteiger partial charge is 0.497 e. The Morgan fingerprint density at radius 2 is 2.10 bits per heavy atom. The number of methoxy groups -OCH3 is 1. The third kappa shape index (κ3) is 3.02. The number of ether oxygens (including phenoxy) is 1. The topological polar surface area (TPSA) is 121 Å². The number of carbonyl (C=O) groups is 2. The van der Waals surface area contributed by atoms with E-state index >= 15 is 0 Å². The molecule has 154 valence electrons. The van der Waals surface area contributed by atoms with Crippen LogP contribution in [0.15, 0.2) is 48.8 Å². The van der Waals surface area contributed by atoms with E-state index in [2.05, 4.69) is 32.7 Å². The summed E-state index contributed by atoms with van der Waals surface area (Å²) in [4.78, 5) is 24.7. The third-order valence-electron chi connectivity index (χ3n) is 5.30. The lowest BCUT2D eigenvalue weighted by Gasteiger charge is -2.20. The molecule has 3 heterocycles. The summed E-state index contributed by atoms with van der Waals surface area (Å²) in [5, 5.41) is 24.7. The lowest BCUT2D eigenvalue weighted by molar-refractivity contribution is -0.122. The van der Waals surface area contributed by atoms with Crippen LogP contribution in [0.2, 0.25) is 0 Å². The number of amides is 3. The second-order valence-electron chi connectivity index (χ2n) is 7.24. The number of aromatic nitrogens is 3. The number of imide groups is 1. The minimum atomic E-state index is -1.56. The van der Waals surface area contributed by atoms with Gasteiger partial charge < -0.3 is 19.7 Å². The van der Waals surface area contributed by atoms with Crippen molar-refractivity contribution in [3.8, 4) is 23.5 Å². The summed E-state index contributed by atoms with van der Waals surface area (Å²) in [6, 6.07) is 10.2. The second-order valence-corrected chi connectivity index (χ2v) is 7.24. The van der Waals surface area contributed by atoms with E-state index < -0.39 is 17.5 Å². The first-order valence-electron chi connectivity index (χ1n) is 9.44. The third-order valence-corrected chi connectivity index (χ3v) is 5.30. The minimum absolute atomic E-state index is 0.0558. The molecule has 0 aliphatic carbocycles. The maximum absolute atomic E-state index is 12.7. The maximum Gasteiger partial charge on any atom is 0.323 e. The summed E-state index contributed by atoms with van der Waals surface area (Å²) in [5.41, 5.74) is -0.193. The molecule has 31 heavy (non-hydrogen) atoms. The van der Waals surface area contributed by atoms with E-state index in [1.54, 1.807) is 43.8 Å². The Morgan fingerprint density at radius 3 is 2.87 bits per heavy atom. The molecular weight excluding hydrogens is 398 g/mol. The van der Waals surface area contributed by atoms with Crippen molar-refractivity contribution in [1.29, 1.82) is 0 Å². The molecule has 0 spiro atoms. The summed E-state index contributed by atoms with van der Waals surface area (Å²) in [5.74, 6) is 5.86. The zero-order valence-corrected chi connectivity index (χ0v) is 16.4. The summed E-state index contributed by atoms with van der Waals surface area (Å²) < 4.78 is 6.70. The van der Waals surface area contributed by atoms with Crippen LogP contribution < -0.4 is 15.4 Å². The first kappa shape index (κ1) is 18.6. The number of para-hydroxylation sites is 1. The highest BCUT2D eigenvalue weighted by Gasteiger charge is 2.46. The van der Waals surface area contributed by atoms with Gasteiger partial charge in [-0.25, -0.2) is 4.79 Å². The molecule has 0 bridgehead atoms. The molecule has 0 unspecified atom stereocenters. The van der Waals surface area contributed by atoms with E-state index in [0.29, 0.717) is 16.7 Å². The molecule has 4 aromatic rings. The average molecular weight is 415 g/mol. The first-order chi connectivity index (χ1) is 15.0. The summed E-state index contributed by atoms with van der Waals surface area (Å²) in [7, 11) is 1.54. The van der Waals surface area contributed by atoms with Gasteiger partial charge in [-0.3, -0.25) is 15.2 Å². The highest BCUT2D eigenvalue weighted by Crippen LogP contribution is 2.32. The molecule has 2 aromatic carbocycles. The fourth-order valence-corrected chi connectivity index (χ4v) is 3.71. The highest BCUT2D eigenvalue weighted by atomic mass is 16.5. The van der Waals surface area contributed by atoms with Crippen molar-refractivity contribution < 1.29 is 19.4 Å². The van der Waals surface area contributed by atoms with Crippen LogP contribution in [-0.4, -0.2) is 44.5 Å². The molecular formula is C22H17N5O4. The van der Waals surface area contributed by atoms with E-state index in [1.165, 1.54) is 4.57 Å². The fourth-order valence-electron chi connectivity index (χ4n) is 3.71. The number of fused-ring (bicyclic) bond motifs is 2. The van der Waals surface area contributed by atoms with E-state index in [9.17, 15) is 14.7 Å². The zero-order chi connectivity index (χ0) is 21.6. The molecule has 1 atom stereocenters. The van der Waals surface area contributed by atoms with Crippen molar-refractivity contribution in [1.82, 2.24) is 25.4 Å².